The number of halogens is 1. The zero-order valence-electron chi connectivity index (χ0n) is 10.8. The summed E-state index contributed by atoms with van der Waals surface area (Å²) in [4.78, 5) is 24.1. The van der Waals surface area contributed by atoms with Crippen molar-refractivity contribution in [2.75, 3.05) is 17.3 Å². The van der Waals surface area contributed by atoms with Gasteiger partial charge in [0.2, 0.25) is 5.91 Å². The van der Waals surface area contributed by atoms with Crippen LogP contribution < -0.4 is 4.90 Å². The van der Waals surface area contributed by atoms with E-state index in [0.717, 1.165) is 35.9 Å². The minimum Gasteiger partial charge on any atom is -0.304 e. The van der Waals surface area contributed by atoms with Crippen molar-refractivity contribution < 1.29 is 9.59 Å². The van der Waals surface area contributed by atoms with Gasteiger partial charge in [0.1, 0.15) is 12.2 Å². The lowest BCUT2D eigenvalue weighted by Crippen LogP contribution is -2.35. The second-order valence-electron chi connectivity index (χ2n) is 3.94. The van der Waals surface area contributed by atoms with Gasteiger partial charge in [-0.05, 0) is 24.0 Å². The topological polar surface area (TPSA) is 37.4 Å². The van der Waals surface area contributed by atoms with Crippen LogP contribution in [0.25, 0.3) is 0 Å². The molecule has 0 aliphatic rings. The number of hydrogen-bond acceptors (Lipinski definition) is 2. The van der Waals surface area contributed by atoms with Crippen LogP contribution >= 0.6 is 11.6 Å². The first kappa shape index (κ1) is 14.7. The molecule has 0 saturated carbocycles. The summed E-state index contributed by atoms with van der Waals surface area (Å²) >= 11 is 5.62. The third-order valence-electron chi connectivity index (χ3n) is 2.91. The number of aryl methyl sites for hydroxylation is 2. The van der Waals surface area contributed by atoms with Crippen LogP contribution in [0.15, 0.2) is 18.2 Å². The summed E-state index contributed by atoms with van der Waals surface area (Å²) < 4.78 is 0. The van der Waals surface area contributed by atoms with Crippen molar-refractivity contribution in [1.29, 1.82) is 0 Å². The highest BCUT2D eigenvalue weighted by atomic mass is 35.5. The van der Waals surface area contributed by atoms with Crippen LogP contribution in [0.4, 0.5) is 5.69 Å². The molecular formula is C14H18ClNO2. The van der Waals surface area contributed by atoms with Crippen LogP contribution in [0.3, 0.4) is 0 Å². The average molecular weight is 268 g/mol. The molecule has 0 unspecified atom stereocenters. The molecule has 1 rings (SSSR count). The van der Waals surface area contributed by atoms with Crippen LogP contribution in [-0.2, 0) is 22.4 Å². The van der Waals surface area contributed by atoms with E-state index in [-0.39, 0.29) is 18.3 Å². The Bertz CT molecular complexity index is 410. The molecule has 0 aromatic heterocycles. The number of benzene rings is 1. The smallest absolute Gasteiger partial charge is 0.242 e. The van der Waals surface area contributed by atoms with Crippen LogP contribution in [-0.4, -0.2) is 24.6 Å². The van der Waals surface area contributed by atoms with Gasteiger partial charge in [-0.2, -0.15) is 0 Å². The third kappa shape index (κ3) is 3.10. The van der Waals surface area contributed by atoms with E-state index in [2.05, 4.69) is 0 Å². The Kier molecular flexibility index (Phi) is 5.86. The highest BCUT2D eigenvalue weighted by Crippen LogP contribution is 2.27. The summed E-state index contributed by atoms with van der Waals surface area (Å²) in [7, 11) is 0. The molecule has 3 nitrogen and oxygen atoms in total. The standard InChI is InChI=1S/C14H18ClNO2/c1-3-11-6-5-7-12(4-2)14(11)16(8-9-17)13(18)10-15/h5-7,9H,3-4,8,10H2,1-2H3. The Morgan fingerprint density at radius 1 is 1.28 bits per heavy atom. The van der Waals surface area contributed by atoms with E-state index >= 15 is 0 Å². The second kappa shape index (κ2) is 7.17. The fourth-order valence-electron chi connectivity index (χ4n) is 2.03. The van der Waals surface area contributed by atoms with Crippen LogP contribution in [0.2, 0.25) is 0 Å². The molecule has 0 fully saturated rings. The Morgan fingerprint density at radius 3 is 2.22 bits per heavy atom. The third-order valence-corrected chi connectivity index (χ3v) is 3.14. The quantitative estimate of drug-likeness (QED) is 0.587. The fourth-order valence-corrected chi connectivity index (χ4v) is 2.17. The molecule has 1 amide bonds. The van der Waals surface area contributed by atoms with Gasteiger partial charge in [0.05, 0.1) is 12.2 Å². The minimum atomic E-state index is -0.237. The fraction of sp³-hybridized carbons (Fsp3) is 0.429. The Balaban J connectivity index is 3.32. The summed E-state index contributed by atoms with van der Waals surface area (Å²) in [5.41, 5.74) is 2.98. The van der Waals surface area contributed by atoms with Gasteiger partial charge in [-0.15, -0.1) is 11.6 Å². The monoisotopic (exact) mass is 267 g/mol. The maximum atomic E-state index is 11.9. The summed E-state index contributed by atoms with van der Waals surface area (Å²) in [6, 6.07) is 5.94. The number of amides is 1. The molecule has 0 N–H and O–H groups in total. The Hall–Kier alpha value is -1.35. The zero-order valence-corrected chi connectivity index (χ0v) is 11.5. The van der Waals surface area contributed by atoms with Crippen molar-refractivity contribution in [2.24, 2.45) is 0 Å². The van der Waals surface area contributed by atoms with E-state index in [1.54, 1.807) is 0 Å². The minimum absolute atomic E-state index is 0.0512. The van der Waals surface area contributed by atoms with Gasteiger partial charge in [-0.1, -0.05) is 32.0 Å². The van der Waals surface area contributed by atoms with Gasteiger partial charge >= 0.3 is 0 Å². The normalized spacial score (nSPS) is 10.2. The lowest BCUT2D eigenvalue weighted by atomic mass is 10.0. The van der Waals surface area contributed by atoms with E-state index in [1.807, 2.05) is 32.0 Å². The van der Waals surface area contributed by atoms with Crippen molar-refractivity contribution >= 4 is 29.5 Å². The van der Waals surface area contributed by atoms with E-state index in [9.17, 15) is 9.59 Å². The molecule has 0 aliphatic heterocycles. The predicted molar refractivity (Wildman–Crippen MR) is 74.3 cm³/mol. The molecule has 0 spiro atoms. The first-order chi connectivity index (χ1) is 8.69. The molecule has 1 aromatic carbocycles. The highest BCUT2D eigenvalue weighted by Gasteiger charge is 2.19. The summed E-state index contributed by atoms with van der Waals surface area (Å²) in [5, 5.41) is 0. The predicted octanol–water partition coefficient (Wildman–Crippen LogP) is 2.58. The SMILES string of the molecule is CCc1cccc(CC)c1N(CC=O)C(=O)CCl. The average Bonchev–Trinajstić information content (AvgIpc) is 2.43. The number of para-hydroxylation sites is 1. The largest absolute Gasteiger partial charge is 0.304 e. The number of hydrogen-bond donors (Lipinski definition) is 0. The molecule has 4 heteroatoms. The first-order valence-corrected chi connectivity index (χ1v) is 6.63. The number of rotatable bonds is 6. The van der Waals surface area contributed by atoms with Crippen molar-refractivity contribution in [3.8, 4) is 0 Å². The van der Waals surface area contributed by atoms with Gasteiger partial charge in [0, 0.05) is 0 Å². The number of carbonyl (C=O) groups is 2. The number of aldehydes is 1. The second-order valence-corrected chi connectivity index (χ2v) is 4.20. The van der Waals surface area contributed by atoms with Gasteiger partial charge in [0.25, 0.3) is 0 Å². The van der Waals surface area contributed by atoms with Gasteiger partial charge in [-0.3, -0.25) is 4.79 Å². The van der Waals surface area contributed by atoms with Crippen molar-refractivity contribution in [3.63, 3.8) is 0 Å². The molecule has 1 aromatic rings. The van der Waals surface area contributed by atoms with Crippen molar-refractivity contribution in [2.45, 2.75) is 26.7 Å². The molecule has 0 radical (unpaired) electrons. The van der Waals surface area contributed by atoms with Crippen LogP contribution in [0.5, 0.6) is 0 Å². The molecule has 0 bridgehead atoms. The molecular weight excluding hydrogens is 250 g/mol. The lowest BCUT2D eigenvalue weighted by molar-refractivity contribution is -0.117. The molecule has 0 atom stereocenters. The van der Waals surface area contributed by atoms with E-state index in [4.69, 9.17) is 11.6 Å². The van der Waals surface area contributed by atoms with E-state index < -0.39 is 0 Å². The molecule has 0 saturated heterocycles. The van der Waals surface area contributed by atoms with E-state index in [0.29, 0.717) is 0 Å². The highest BCUT2D eigenvalue weighted by molar-refractivity contribution is 6.29. The maximum absolute atomic E-state index is 11.9. The summed E-state index contributed by atoms with van der Waals surface area (Å²) in [6.07, 6.45) is 2.36. The van der Waals surface area contributed by atoms with Gasteiger partial charge in [-0.25, -0.2) is 0 Å². The Morgan fingerprint density at radius 2 is 1.83 bits per heavy atom. The van der Waals surface area contributed by atoms with Crippen molar-refractivity contribution in [1.82, 2.24) is 0 Å². The lowest BCUT2D eigenvalue weighted by Gasteiger charge is -2.25. The molecule has 98 valence electrons. The van der Waals surface area contributed by atoms with Crippen LogP contribution in [0.1, 0.15) is 25.0 Å². The molecule has 0 heterocycles. The number of anilines is 1. The van der Waals surface area contributed by atoms with Crippen LogP contribution in [0, 0.1) is 0 Å². The Labute approximate surface area is 113 Å². The summed E-state index contributed by atoms with van der Waals surface area (Å²) in [5.74, 6) is -0.353. The molecule has 18 heavy (non-hydrogen) atoms. The maximum Gasteiger partial charge on any atom is 0.242 e. The van der Waals surface area contributed by atoms with Gasteiger partial charge in [0.15, 0.2) is 0 Å². The number of nitrogens with zero attached hydrogens (tertiary/aromatic N) is 1. The summed E-state index contributed by atoms with van der Waals surface area (Å²) in [6.45, 7) is 4.11. The number of alkyl halides is 1. The van der Waals surface area contributed by atoms with Crippen molar-refractivity contribution in [3.05, 3.63) is 29.3 Å². The zero-order chi connectivity index (χ0) is 13.5. The molecule has 0 aliphatic carbocycles. The van der Waals surface area contributed by atoms with Gasteiger partial charge < -0.3 is 9.69 Å². The van der Waals surface area contributed by atoms with E-state index in [1.165, 1.54) is 4.90 Å². The number of carbonyl (C=O) groups excluding carboxylic acids is 2. The first-order valence-electron chi connectivity index (χ1n) is 6.10.